The van der Waals surface area contributed by atoms with Crippen molar-refractivity contribution < 1.29 is 9.84 Å². The fraction of sp³-hybridized carbons (Fsp3) is 0.600. The van der Waals surface area contributed by atoms with Gasteiger partial charge >= 0.3 is 0 Å². The summed E-state index contributed by atoms with van der Waals surface area (Å²) in [4.78, 5) is 10.5. The molecule has 1 atom stereocenters. The van der Waals surface area contributed by atoms with E-state index < -0.39 is 0 Å². The minimum Gasteiger partial charge on any atom is -0.481 e. The Morgan fingerprint density at radius 2 is 2.53 bits per heavy atom. The maximum atomic E-state index is 9.20. The number of hydrogen-bond acceptors (Lipinski definition) is 5. The summed E-state index contributed by atoms with van der Waals surface area (Å²) >= 11 is 0. The van der Waals surface area contributed by atoms with Crippen molar-refractivity contribution in [2.45, 2.75) is 18.9 Å². The van der Waals surface area contributed by atoms with Crippen molar-refractivity contribution in [3.63, 3.8) is 0 Å². The van der Waals surface area contributed by atoms with E-state index in [0.717, 1.165) is 19.4 Å². The Bertz CT molecular complexity index is 332. The van der Waals surface area contributed by atoms with Gasteiger partial charge in [0.1, 0.15) is 0 Å². The molecule has 82 valence electrons. The van der Waals surface area contributed by atoms with Gasteiger partial charge in [-0.15, -0.1) is 0 Å². The zero-order chi connectivity index (χ0) is 10.7. The molecule has 1 aromatic rings. The molecule has 1 unspecified atom stereocenters. The first kappa shape index (κ1) is 10.2. The quantitative estimate of drug-likeness (QED) is 0.783. The van der Waals surface area contributed by atoms with Gasteiger partial charge in [-0.25, -0.2) is 4.98 Å². The number of rotatable bonds is 3. The van der Waals surface area contributed by atoms with E-state index in [0.29, 0.717) is 11.8 Å². The molecule has 1 aliphatic rings. The number of ether oxygens (including phenoxy) is 1. The van der Waals surface area contributed by atoms with Crippen molar-refractivity contribution in [1.29, 1.82) is 0 Å². The van der Waals surface area contributed by atoms with Crippen molar-refractivity contribution >= 4 is 5.95 Å². The topological polar surface area (TPSA) is 58.5 Å². The lowest BCUT2D eigenvalue weighted by Crippen LogP contribution is -2.33. The molecule has 2 heterocycles. The zero-order valence-electron chi connectivity index (χ0n) is 8.76. The minimum atomic E-state index is 0.150. The molecular formula is C10H15N3O2. The number of anilines is 1. The average Bonchev–Trinajstić information content (AvgIpc) is 2.77. The van der Waals surface area contributed by atoms with E-state index in [1.54, 1.807) is 19.4 Å². The zero-order valence-corrected chi connectivity index (χ0v) is 8.76. The third-order valence-electron chi connectivity index (χ3n) is 2.67. The highest BCUT2D eigenvalue weighted by molar-refractivity contribution is 5.35. The Hall–Kier alpha value is -1.36. The summed E-state index contributed by atoms with van der Waals surface area (Å²) < 4.78 is 5.04. The van der Waals surface area contributed by atoms with Crippen LogP contribution in [0.4, 0.5) is 5.95 Å². The molecule has 0 amide bonds. The van der Waals surface area contributed by atoms with E-state index in [1.165, 1.54) is 0 Å². The van der Waals surface area contributed by atoms with Crippen LogP contribution >= 0.6 is 0 Å². The predicted octanol–water partition coefficient (Wildman–Crippen LogP) is 0.446. The number of nitrogens with zero attached hydrogens (tertiary/aromatic N) is 3. The first-order valence-electron chi connectivity index (χ1n) is 5.09. The summed E-state index contributed by atoms with van der Waals surface area (Å²) in [5, 5.41) is 9.20. The van der Waals surface area contributed by atoms with Crippen LogP contribution in [0, 0.1) is 0 Å². The molecule has 0 bridgehead atoms. The van der Waals surface area contributed by atoms with Gasteiger partial charge in [-0.3, -0.25) is 0 Å². The molecule has 5 nitrogen and oxygen atoms in total. The van der Waals surface area contributed by atoms with Crippen molar-refractivity contribution in [3.8, 4) is 5.88 Å². The van der Waals surface area contributed by atoms with Crippen LogP contribution in [0.2, 0.25) is 0 Å². The molecule has 1 saturated heterocycles. The van der Waals surface area contributed by atoms with Gasteiger partial charge in [0.2, 0.25) is 11.8 Å². The van der Waals surface area contributed by atoms with Crippen LogP contribution in [-0.2, 0) is 0 Å². The molecule has 15 heavy (non-hydrogen) atoms. The number of aromatic nitrogens is 2. The average molecular weight is 209 g/mol. The summed E-state index contributed by atoms with van der Waals surface area (Å²) in [6.07, 6.45) is 3.75. The summed E-state index contributed by atoms with van der Waals surface area (Å²) in [6.45, 7) is 1.05. The van der Waals surface area contributed by atoms with Crippen LogP contribution in [0.5, 0.6) is 5.88 Å². The van der Waals surface area contributed by atoms with Gasteiger partial charge in [-0.05, 0) is 12.8 Å². The summed E-state index contributed by atoms with van der Waals surface area (Å²) in [5.41, 5.74) is 0. The number of hydrogen-bond donors (Lipinski definition) is 1. The maximum absolute atomic E-state index is 9.20. The fourth-order valence-corrected chi connectivity index (χ4v) is 1.87. The lowest BCUT2D eigenvalue weighted by Gasteiger charge is -2.22. The molecule has 1 aliphatic heterocycles. The first-order chi connectivity index (χ1) is 7.35. The normalized spacial score (nSPS) is 20.7. The smallest absolute Gasteiger partial charge is 0.228 e. The molecule has 0 aliphatic carbocycles. The fourth-order valence-electron chi connectivity index (χ4n) is 1.87. The maximum Gasteiger partial charge on any atom is 0.228 e. The van der Waals surface area contributed by atoms with E-state index in [1.807, 2.05) is 4.90 Å². The van der Waals surface area contributed by atoms with E-state index >= 15 is 0 Å². The van der Waals surface area contributed by atoms with Crippen LogP contribution in [-0.4, -0.2) is 41.4 Å². The first-order valence-corrected chi connectivity index (χ1v) is 5.09. The third kappa shape index (κ3) is 2.02. The van der Waals surface area contributed by atoms with Crippen LogP contribution in [0.3, 0.4) is 0 Å². The Labute approximate surface area is 88.7 Å². The molecule has 2 rings (SSSR count). The van der Waals surface area contributed by atoms with Gasteiger partial charge in [0.05, 0.1) is 19.8 Å². The molecule has 0 saturated carbocycles. The molecule has 0 aromatic carbocycles. The highest BCUT2D eigenvalue weighted by Gasteiger charge is 2.25. The molecule has 5 heteroatoms. The second-order valence-corrected chi connectivity index (χ2v) is 3.57. The van der Waals surface area contributed by atoms with E-state index in [2.05, 4.69) is 9.97 Å². The Morgan fingerprint density at radius 3 is 3.27 bits per heavy atom. The minimum absolute atomic E-state index is 0.150. The number of aliphatic hydroxyl groups is 1. The lowest BCUT2D eigenvalue weighted by atomic mass is 10.2. The predicted molar refractivity (Wildman–Crippen MR) is 56.0 cm³/mol. The van der Waals surface area contributed by atoms with Gasteiger partial charge in [-0.1, -0.05) is 0 Å². The molecule has 1 fully saturated rings. The Kier molecular flexibility index (Phi) is 3.01. The SMILES string of the molecule is COc1ccnc(N2CCCC2CO)n1. The highest BCUT2D eigenvalue weighted by atomic mass is 16.5. The number of methoxy groups -OCH3 is 1. The van der Waals surface area contributed by atoms with Gasteiger partial charge in [0, 0.05) is 18.8 Å². The van der Waals surface area contributed by atoms with Gasteiger partial charge < -0.3 is 14.7 Å². The highest BCUT2D eigenvalue weighted by Crippen LogP contribution is 2.22. The third-order valence-corrected chi connectivity index (χ3v) is 2.67. The monoisotopic (exact) mass is 209 g/mol. The van der Waals surface area contributed by atoms with Crippen LogP contribution in [0.25, 0.3) is 0 Å². The van der Waals surface area contributed by atoms with Crippen molar-refractivity contribution in [2.24, 2.45) is 0 Å². The Morgan fingerprint density at radius 1 is 1.67 bits per heavy atom. The van der Waals surface area contributed by atoms with E-state index in [9.17, 15) is 5.11 Å². The second-order valence-electron chi connectivity index (χ2n) is 3.57. The van der Waals surface area contributed by atoms with Gasteiger partial charge in [0.25, 0.3) is 0 Å². The van der Waals surface area contributed by atoms with E-state index in [-0.39, 0.29) is 12.6 Å². The van der Waals surface area contributed by atoms with Gasteiger partial charge in [-0.2, -0.15) is 4.98 Å². The largest absolute Gasteiger partial charge is 0.481 e. The second kappa shape index (κ2) is 4.44. The van der Waals surface area contributed by atoms with Crippen molar-refractivity contribution in [3.05, 3.63) is 12.3 Å². The van der Waals surface area contributed by atoms with Crippen molar-refractivity contribution in [1.82, 2.24) is 9.97 Å². The number of aliphatic hydroxyl groups excluding tert-OH is 1. The van der Waals surface area contributed by atoms with Crippen molar-refractivity contribution in [2.75, 3.05) is 25.2 Å². The van der Waals surface area contributed by atoms with Crippen LogP contribution in [0.1, 0.15) is 12.8 Å². The summed E-state index contributed by atoms with van der Waals surface area (Å²) in [5.74, 6) is 1.20. The summed E-state index contributed by atoms with van der Waals surface area (Å²) in [6, 6.07) is 1.87. The lowest BCUT2D eigenvalue weighted by molar-refractivity contribution is 0.265. The van der Waals surface area contributed by atoms with E-state index in [4.69, 9.17) is 4.74 Å². The molecule has 1 aromatic heterocycles. The molecule has 1 N–H and O–H groups in total. The molecule has 0 radical (unpaired) electrons. The molecular weight excluding hydrogens is 194 g/mol. The van der Waals surface area contributed by atoms with Gasteiger partial charge in [0.15, 0.2) is 0 Å². The summed E-state index contributed by atoms with van der Waals surface area (Å²) in [7, 11) is 1.58. The Balaban J connectivity index is 2.20. The van der Waals surface area contributed by atoms with Crippen LogP contribution < -0.4 is 9.64 Å². The molecule has 0 spiro atoms. The van der Waals surface area contributed by atoms with Crippen LogP contribution in [0.15, 0.2) is 12.3 Å². The standard InChI is InChI=1S/C10H15N3O2/c1-15-9-4-5-11-10(12-9)13-6-2-3-8(13)7-14/h4-5,8,14H,2-3,6-7H2,1H3.